The van der Waals surface area contributed by atoms with Crippen LogP contribution in [0.3, 0.4) is 0 Å². The first-order valence-electron chi connectivity index (χ1n) is 5.75. The molecular formula is C12H18N2O4S. The first-order valence-corrected chi connectivity index (χ1v) is 7.19. The van der Waals surface area contributed by atoms with Gasteiger partial charge in [-0.3, -0.25) is 0 Å². The Morgan fingerprint density at radius 2 is 2.05 bits per heavy atom. The molecule has 1 aromatic carbocycles. The monoisotopic (exact) mass is 286 g/mol. The van der Waals surface area contributed by atoms with Crippen molar-refractivity contribution in [2.75, 3.05) is 27.2 Å². The lowest BCUT2D eigenvalue weighted by Crippen LogP contribution is -2.33. The lowest BCUT2D eigenvalue weighted by Gasteiger charge is -2.18. The molecule has 6 nitrogen and oxygen atoms in total. The molecule has 0 unspecified atom stereocenters. The van der Waals surface area contributed by atoms with Gasteiger partial charge in [0.05, 0.1) is 10.5 Å². The number of sulfonamides is 1. The number of carboxylic acid groups (broad SMARTS) is 1. The van der Waals surface area contributed by atoms with E-state index in [1.807, 2.05) is 0 Å². The van der Waals surface area contributed by atoms with E-state index in [-0.39, 0.29) is 10.5 Å². The SMILES string of the molecule is CNCCN(C)S(=O)(=O)c1cc(C(=O)O)ccc1C. The summed E-state index contributed by atoms with van der Waals surface area (Å²) in [6.45, 7) is 2.48. The zero-order valence-electron chi connectivity index (χ0n) is 11.2. The maximum atomic E-state index is 12.3. The molecule has 0 atom stereocenters. The van der Waals surface area contributed by atoms with E-state index in [4.69, 9.17) is 5.11 Å². The molecule has 106 valence electrons. The molecule has 1 aromatic rings. The molecule has 2 N–H and O–H groups in total. The Hall–Kier alpha value is -1.44. The number of aromatic carboxylic acids is 1. The number of aryl methyl sites for hydroxylation is 1. The van der Waals surface area contributed by atoms with Crippen molar-refractivity contribution in [3.8, 4) is 0 Å². The van der Waals surface area contributed by atoms with Crippen LogP contribution in [0.15, 0.2) is 23.1 Å². The maximum absolute atomic E-state index is 12.3. The van der Waals surface area contributed by atoms with Gasteiger partial charge in [0, 0.05) is 20.1 Å². The second kappa shape index (κ2) is 6.14. The van der Waals surface area contributed by atoms with Crippen molar-refractivity contribution in [3.63, 3.8) is 0 Å². The van der Waals surface area contributed by atoms with Crippen LogP contribution in [0.4, 0.5) is 0 Å². The van der Waals surface area contributed by atoms with Gasteiger partial charge in [-0.15, -0.1) is 0 Å². The molecule has 0 saturated carbocycles. The molecule has 7 heteroatoms. The molecule has 0 saturated heterocycles. The van der Waals surface area contributed by atoms with Crippen molar-refractivity contribution >= 4 is 16.0 Å². The molecule has 0 fully saturated rings. The average molecular weight is 286 g/mol. The quantitative estimate of drug-likeness (QED) is 0.796. The standard InChI is InChI=1S/C12H18N2O4S/c1-9-4-5-10(12(15)16)8-11(9)19(17,18)14(3)7-6-13-2/h4-5,8,13H,6-7H2,1-3H3,(H,15,16). The fourth-order valence-corrected chi connectivity index (χ4v) is 2.99. The van der Waals surface area contributed by atoms with Gasteiger partial charge in [-0.1, -0.05) is 6.07 Å². The van der Waals surface area contributed by atoms with Gasteiger partial charge in [0.15, 0.2) is 0 Å². The first kappa shape index (κ1) is 15.6. The minimum absolute atomic E-state index is 0.0333. The second-order valence-electron chi connectivity index (χ2n) is 4.22. The summed E-state index contributed by atoms with van der Waals surface area (Å²) in [5, 5.41) is 11.8. The number of likely N-dealkylation sites (N-methyl/N-ethyl adjacent to an activating group) is 2. The predicted octanol–water partition coefficient (Wildman–Crippen LogP) is 0.533. The summed E-state index contributed by atoms with van der Waals surface area (Å²) < 4.78 is 25.9. The molecule has 0 amide bonds. The fourth-order valence-electron chi connectivity index (χ4n) is 1.57. The lowest BCUT2D eigenvalue weighted by atomic mass is 10.1. The Morgan fingerprint density at radius 1 is 1.42 bits per heavy atom. The van der Waals surface area contributed by atoms with E-state index in [1.165, 1.54) is 29.6 Å². The van der Waals surface area contributed by atoms with E-state index in [2.05, 4.69) is 5.32 Å². The van der Waals surface area contributed by atoms with E-state index in [0.29, 0.717) is 18.7 Å². The Bertz CT molecular complexity index is 569. The van der Waals surface area contributed by atoms with Crippen molar-refractivity contribution in [3.05, 3.63) is 29.3 Å². The molecule has 0 aliphatic rings. The van der Waals surface area contributed by atoms with E-state index in [9.17, 15) is 13.2 Å². The first-order chi connectivity index (χ1) is 8.80. The topological polar surface area (TPSA) is 86.7 Å². The predicted molar refractivity (Wildman–Crippen MR) is 71.9 cm³/mol. The molecule has 0 spiro atoms. The minimum atomic E-state index is -3.67. The van der Waals surface area contributed by atoms with Crippen LogP contribution in [0.2, 0.25) is 0 Å². The van der Waals surface area contributed by atoms with Crippen LogP contribution in [0.5, 0.6) is 0 Å². The number of nitrogens with one attached hydrogen (secondary N) is 1. The van der Waals surface area contributed by atoms with Gasteiger partial charge in [0.1, 0.15) is 0 Å². The van der Waals surface area contributed by atoms with E-state index in [0.717, 1.165) is 0 Å². The van der Waals surface area contributed by atoms with Crippen molar-refractivity contribution in [1.82, 2.24) is 9.62 Å². The molecule has 0 radical (unpaired) electrons. The molecule has 0 aliphatic carbocycles. The molecule has 0 bridgehead atoms. The minimum Gasteiger partial charge on any atom is -0.478 e. The highest BCUT2D eigenvalue weighted by atomic mass is 32.2. The fraction of sp³-hybridized carbons (Fsp3) is 0.417. The Labute approximate surface area is 113 Å². The van der Waals surface area contributed by atoms with Crippen LogP contribution >= 0.6 is 0 Å². The molecular weight excluding hydrogens is 268 g/mol. The summed E-state index contributed by atoms with van der Waals surface area (Å²) in [6, 6.07) is 4.09. The largest absolute Gasteiger partial charge is 0.478 e. The highest BCUT2D eigenvalue weighted by Gasteiger charge is 2.23. The number of benzene rings is 1. The van der Waals surface area contributed by atoms with Crippen molar-refractivity contribution < 1.29 is 18.3 Å². The molecule has 0 aromatic heterocycles. The van der Waals surface area contributed by atoms with Crippen LogP contribution in [-0.2, 0) is 10.0 Å². The number of hydrogen-bond donors (Lipinski definition) is 2. The average Bonchev–Trinajstić information content (AvgIpc) is 2.35. The summed E-state index contributed by atoms with van der Waals surface area (Å²) in [5.74, 6) is -1.14. The van der Waals surface area contributed by atoms with Gasteiger partial charge in [-0.2, -0.15) is 4.31 Å². The van der Waals surface area contributed by atoms with Gasteiger partial charge in [-0.25, -0.2) is 13.2 Å². The van der Waals surface area contributed by atoms with Crippen LogP contribution < -0.4 is 5.32 Å². The number of rotatable bonds is 6. The Morgan fingerprint density at radius 3 is 2.58 bits per heavy atom. The van der Waals surface area contributed by atoms with Crippen LogP contribution in [0, 0.1) is 6.92 Å². The summed E-state index contributed by atoms with van der Waals surface area (Å²) in [4.78, 5) is 10.9. The smallest absolute Gasteiger partial charge is 0.335 e. The van der Waals surface area contributed by atoms with Crippen molar-refractivity contribution in [1.29, 1.82) is 0 Å². The zero-order chi connectivity index (χ0) is 14.6. The highest BCUT2D eigenvalue weighted by molar-refractivity contribution is 7.89. The molecule has 19 heavy (non-hydrogen) atoms. The number of nitrogens with zero attached hydrogens (tertiary/aromatic N) is 1. The number of carbonyl (C=O) groups is 1. The second-order valence-corrected chi connectivity index (χ2v) is 6.23. The van der Waals surface area contributed by atoms with Gasteiger partial charge in [0.25, 0.3) is 0 Å². The van der Waals surface area contributed by atoms with Crippen molar-refractivity contribution in [2.24, 2.45) is 0 Å². The van der Waals surface area contributed by atoms with Gasteiger partial charge in [-0.05, 0) is 31.7 Å². The van der Waals surface area contributed by atoms with Gasteiger partial charge >= 0.3 is 5.97 Å². The summed E-state index contributed by atoms with van der Waals surface area (Å²) >= 11 is 0. The third kappa shape index (κ3) is 3.52. The number of carboxylic acids is 1. The Kier molecular flexibility index (Phi) is 5.04. The van der Waals surface area contributed by atoms with E-state index >= 15 is 0 Å². The third-order valence-electron chi connectivity index (χ3n) is 2.80. The highest BCUT2D eigenvalue weighted by Crippen LogP contribution is 2.20. The molecule has 0 aliphatic heterocycles. The number of hydrogen-bond acceptors (Lipinski definition) is 4. The van der Waals surface area contributed by atoms with Gasteiger partial charge < -0.3 is 10.4 Å². The third-order valence-corrected chi connectivity index (χ3v) is 4.80. The van der Waals surface area contributed by atoms with Crippen molar-refractivity contribution in [2.45, 2.75) is 11.8 Å². The zero-order valence-corrected chi connectivity index (χ0v) is 12.0. The maximum Gasteiger partial charge on any atom is 0.335 e. The van der Waals surface area contributed by atoms with Crippen LogP contribution in [0.1, 0.15) is 15.9 Å². The summed E-state index contributed by atoms with van der Waals surface area (Å²) in [5.41, 5.74) is 0.493. The van der Waals surface area contributed by atoms with Crippen LogP contribution in [0.25, 0.3) is 0 Å². The molecule has 0 heterocycles. The Balaban J connectivity index is 3.20. The van der Waals surface area contributed by atoms with E-state index < -0.39 is 16.0 Å². The lowest BCUT2D eigenvalue weighted by molar-refractivity contribution is 0.0696. The van der Waals surface area contributed by atoms with E-state index in [1.54, 1.807) is 14.0 Å². The summed E-state index contributed by atoms with van der Waals surface area (Å²) in [6.07, 6.45) is 0. The van der Waals surface area contributed by atoms with Crippen LogP contribution in [-0.4, -0.2) is 51.0 Å². The molecule has 1 rings (SSSR count). The summed E-state index contributed by atoms with van der Waals surface area (Å²) in [7, 11) is -0.463. The van der Waals surface area contributed by atoms with Gasteiger partial charge in [0.2, 0.25) is 10.0 Å². The normalized spacial score (nSPS) is 11.8.